The second kappa shape index (κ2) is 5.46. The Bertz CT molecular complexity index is 597. The second-order valence-electron chi connectivity index (χ2n) is 4.91. The van der Waals surface area contributed by atoms with Crippen LogP contribution >= 0.6 is 0 Å². The van der Waals surface area contributed by atoms with Crippen molar-refractivity contribution in [2.45, 2.75) is 25.8 Å². The highest BCUT2D eigenvalue weighted by Crippen LogP contribution is 2.20. The fraction of sp³-hybridized carbons (Fsp3) is 0.462. The van der Waals surface area contributed by atoms with Crippen LogP contribution in [0.3, 0.4) is 0 Å². The van der Waals surface area contributed by atoms with E-state index in [4.69, 9.17) is 4.42 Å². The van der Waals surface area contributed by atoms with Crippen LogP contribution in [0.25, 0.3) is 0 Å². The van der Waals surface area contributed by atoms with E-state index in [1.165, 1.54) is 6.39 Å². The van der Waals surface area contributed by atoms with Gasteiger partial charge < -0.3 is 15.1 Å². The van der Waals surface area contributed by atoms with E-state index >= 15 is 0 Å². The lowest BCUT2D eigenvalue weighted by molar-refractivity contribution is 0.0996. The molecule has 106 valence electrons. The van der Waals surface area contributed by atoms with Crippen LogP contribution in [0.5, 0.6) is 0 Å². The molecule has 0 unspecified atom stereocenters. The molecule has 3 heterocycles. The van der Waals surface area contributed by atoms with Crippen molar-refractivity contribution in [2.24, 2.45) is 0 Å². The van der Waals surface area contributed by atoms with Crippen LogP contribution in [0, 0.1) is 6.92 Å². The molecule has 0 spiro atoms. The minimum absolute atomic E-state index is 0.236. The number of hydrogen-bond donors (Lipinski definition) is 2. The predicted octanol–water partition coefficient (Wildman–Crippen LogP) is 1.36. The van der Waals surface area contributed by atoms with Gasteiger partial charge >= 0.3 is 0 Å². The van der Waals surface area contributed by atoms with Crippen molar-refractivity contribution < 1.29 is 9.21 Å². The summed E-state index contributed by atoms with van der Waals surface area (Å²) in [7, 11) is 0. The van der Waals surface area contributed by atoms with Gasteiger partial charge in [-0.1, -0.05) is 0 Å². The Labute approximate surface area is 116 Å². The summed E-state index contributed by atoms with van der Waals surface area (Å²) >= 11 is 0. The van der Waals surface area contributed by atoms with Crippen molar-refractivity contribution >= 4 is 11.6 Å². The summed E-state index contributed by atoms with van der Waals surface area (Å²) in [5.41, 5.74) is 1.25. The van der Waals surface area contributed by atoms with Crippen LogP contribution in [0.4, 0.5) is 5.69 Å². The van der Waals surface area contributed by atoms with E-state index < -0.39 is 0 Å². The third kappa shape index (κ3) is 2.57. The number of amides is 1. The lowest BCUT2D eigenvalue weighted by Gasteiger charge is -2.22. The van der Waals surface area contributed by atoms with Gasteiger partial charge in [0.05, 0.1) is 23.6 Å². The van der Waals surface area contributed by atoms with E-state index in [-0.39, 0.29) is 11.7 Å². The minimum Gasteiger partial charge on any atom is -0.438 e. The van der Waals surface area contributed by atoms with E-state index in [1.54, 1.807) is 13.1 Å². The first-order chi connectivity index (χ1) is 9.74. The van der Waals surface area contributed by atoms with Crippen molar-refractivity contribution in [3.8, 4) is 0 Å². The number of carbonyl (C=O) groups is 1. The summed E-state index contributed by atoms with van der Waals surface area (Å²) in [5, 5.41) is 10.4. The molecule has 1 amide bonds. The van der Waals surface area contributed by atoms with Gasteiger partial charge in [0.25, 0.3) is 5.91 Å². The van der Waals surface area contributed by atoms with E-state index in [2.05, 4.69) is 20.7 Å². The molecule has 0 saturated carbocycles. The second-order valence-corrected chi connectivity index (χ2v) is 4.91. The number of piperidine rings is 1. The Balaban J connectivity index is 1.68. The SMILES string of the molecule is Cc1ncoc1C(=O)Nc1cnn(C2CCNCC2)c1. The minimum atomic E-state index is -0.301. The van der Waals surface area contributed by atoms with Crippen molar-refractivity contribution in [3.05, 3.63) is 30.2 Å². The van der Waals surface area contributed by atoms with Gasteiger partial charge in [-0.3, -0.25) is 9.48 Å². The van der Waals surface area contributed by atoms with Crippen LogP contribution in [-0.2, 0) is 0 Å². The standard InChI is InChI=1S/C13H17N5O2/c1-9-12(20-8-15-9)13(19)17-10-6-16-18(7-10)11-2-4-14-5-3-11/h6-8,11,14H,2-5H2,1H3,(H,17,19). The zero-order chi connectivity index (χ0) is 13.9. The monoisotopic (exact) mass is 275 g/mol. The van der Waals surface area contributed by atoms with Crippen LogP contribution in [0.15, 0.2) is 23.2 Å². The van der Waals surface area contributed by atoms with Gasteiger partial charge in [0.15, 0.2) is 6.39 Å². The Morgan fingerprint density at radius 3 is 3.00 bits per heavy atom. The van der Waals surface area contributed by atoms with Crippen molar-refractivity contribution in [2.75, 3.05) is 18.4 Å². The van der Waals surface area contributed by atoms with Crippen molar-refractivity contribution in [1.29, 1.82) is 0 Å². The average Bonchev–Trinajstić information content (AvgIpc) is 3.09. The van der Waals surface area contributed by atoms with Crippen LogP contribution in [-0.4, -0.2) is 33.8 Å². The van der Waals surface area contributed by atoms with Gasteiger partial charge in [-0.2, -0.15) is 5.10 Å². The molecule has 20 heavy (non-hydrogen) atoms. The normalized spacial score (nSPS) is 16.2. The molecule has 3 rings (SSSR count). The number of oxazole rings is 1. The molecule has 1 aliphatic heterocycles. The average molecular weight is 275 g/mol. The maximum absolute atomic E-state index is 12.0. The number of nitrogens with zero attached hydrogens (tertiary/aromatic N) is 3. The number of carbonyl (C=O) groups excluding carboxylic acids is 1. The number of hydrogen-bond acceptors (Lipinski definition) is 5. The molecular formula is C13H17N5O2. The lowest BCUT2D eigenvalue weighted by atomic mass is 10.1. The first-order valence-corrected chi connectivity index (χ1v) is 6.70. The number of aromatic nitrogens is 3. The zero-order valence-corrected chi connectivity index (χ0v) is 11.3. The topological polar surface area (TPSA) is 85.0 Å². The summed E-state index contributed by atoms with van der Waals surface area (Å²) in [6, 6.07) is 0.397. The summed E-state index contributed by atoms with van der Waals surface area (Å²) in [6.45, 7) is 3.74. The highest BCUT2D eigenvalue weighted by Gasteiger charge is 2.18. The molecule has 2 aromatic rings. The van der Waals surface area contributed by atoms with Crippen molar-refractivity contribution in [3.63, 3.8) is 0 Å². The molecule has 0 aliphatic carbocycles. The summed E-state index contributed by atoms with van der Waals surface area (Å²) in [4.78, 5) is 15.9. The molecule has 7 heteroatoms. The van der Waals surface area contributed by atoms with Crippen LogP contribution in [0.1, 0.15) is 35.1 Å². The Morgan fingerprint density at radius 2 is 2.30 bits per heavy atom. The van der Waals surface area contributed by atoms with E-state index in [1.807, 2.05) is 10.9 Å². The highest BCUT2D eigenvalue weighted by molar-refractivity contribution is 6.02. The quantitative estimate of drug-likeness (QED) is 0.883. The van der Waals surface area contributed by atoms with E-state index in [0.717, 1.165) is 25.9 Å². The number of nitrogens with one attached hydrogen (secondary N) is 2. The number of rotatable bonds is 3. The van der Waals surface area contributed by atoms with Gasteiger partial charge in [-0.05, 0) is 32.9 Å². The molecule has 1 aliphatic rings. The molecule has 0 bridgehead atoms. The largest absolute Gasteiger partial charge is 0.438 e. The van der Waals surface area contributed by atoms with Crippen molar-refractivity contribution in [1.82, 2.24) is 20.1 Å². The van der Waals surface area contributed by atoms with Gasteiger partial charge in [0.2, 0.25) is 5.76 Å². The summed E-state index contributed by atoms with van der Waals surface area (Å²) in [5.74, 6) is -0.0653. The molecule has 0 aromatic carbocycles. The predicted molar refractivity (Wildman–Crippen MR) is 72.6 cm³/mol. The molecule has 0 radical (unpaired) electrons. The molecule has 1 saturated heterocycles. The number of aryl methyl sites for hydroxylation is 1. The molecule has 1 fully saturated rings. The molecule has 0 atom stereocenters. The summed E-state index contributed by atoms with van der Waals surface area (Å²) < 4.78 is 6.98. The third-order valence-electron chi connectivity index (χ3n) is 3.49. The van der Waals surface area contributed by atoms with E-state index in [9.17, 15) is 4.79 Å². The molecular weight excluding hydrogens is 258 g/mol. The smallest absolute Gasteiger partial charge is 0.293 e. The van der Waals surface area contributed by atoms with Gasteiger partial charge in [-0.25, -0.2) is 4.98 Å². The van der Waals surface area contributed by atoms with Gasteiger partial charge in [0.1, 0.15) is 0 Å². The first-order valence-electron chi connectivity index (χ1n) is 6.70. The third-order valence-corrected chi connectivity index (χ3v) is 3.49. The molecule has 2 aromatic heterocycles. The fourth-order valence-electron chi connectivity index (χ4n) is 2.38. The maximum atomic E-state index is 12.0. The first kappa shape index (κ1) is 12.9. The Hall–Kier alpha value is -2.15. The summed E-state index contributed by atoms with van der Waals surface area (Å²) in [6.07, 6.45) is 6.89. The Kier molecular flexibility index (Phi) is 3.51. The lowest BCUT2D eigenvalue weighted by Crippen LogP contribution is -2.29. The highest BCUT2D eigenvalue weighted by atomic mass is 16.3. The van der Waals surface area contributed by atoms with Gasteiger partial charge in [0, 0.05) is 6.20 Å². The Morgan fingerprint density at radius 1 is 1.50 bits per heavy atom. The van der Waals surface area contributed by atoms with Crippen LogP contribution < -0.4 is 10.6 Å². The number of anilines is 1. The van der Waals surface area contributed by atoms with Gasteiger partial charge in [-0.15, -0.1) is 0 Å². The molecule has 2 N–H and O–H groups in total. The maximum Gasteiger partial charge on any atom is 0.293 e. The van der Waals surface area contributed by atoms with Crippen LogP contribution in [0.2, 0.25) is 0 Å². The van der Waals surface area contributed by atoms with E-state index in [0.29, 0.717) is 17.4 Å². The zero-order valence-electron chi connectivity index (χ0n) is 11.3. The molecule has 7 nitrogen and oxygen atoms in total. The fourth-order valence-corrected chi connectivity index (χ4v) is 2.38.